The lowest BCUT2D eigenvalue weighted by Crippen LogP contribution is -2.40. The number of aliphatic imine (C=N–C) groups is 1. The molecule has 0 bridgehead atoms. The molecular formula is C22H28N6O7S. The molecule has 0 saturated heterocycles. The number of nitrogens with one attached hydrogen (secondary N) is 2. The predicted octanol–water partition coefficient (Wildman–Crippen LogP) is -0.686. The molecule has 13 nitrogen and oxygen atoms in total. The van der Waals surface area contributed by atoms with E-state index in [0.29, 0.717) is 18.3 Å². The number of carbonyl (C=O) groups is 3. The molecular weight excluding hydrogens is 492 g/mol. The molecule has 0 saturated carbocycles. The molecule has 6 N–H and O–H groups in total. The number of ether oxygens (including phenoxy) is 1. The molecule has 14 heteroatoms. The maximum Gasteiger partial charge on any atom is 0.337 e. The Bertz CT molecular complexity index is 1290. The largest absolute Gasteiger partial charge is 0.465 e. The summed E-state index contributed by atoms with van der Waals surface area (Å²) in [4.78, 5) is 51.8. The van der Waals surface area contributed by atoms with Crippen LogP contribution in [-0.2, 0) is 36.6 Å². The van der Waals surface area contributed by atoms with E-state index in [1.54, 1.807) is 0 Å². The fourth-order valence-electron chi connectivity index (χ4n) is 3.17. The Morgan fingerprint density at radius 3 is 2.64 bits per heavy atom. The van der Waals surface area contributed by atoms with Crippen molar-refractivity contribution in [3.63, 3.8) is 0 Å². The van der Waals surface area contributed by atoms with Crippen molar-refractivity contribution in [2.75, 3.05) is 18.4 Å². The van der Waals surface area contributed by atoms with Crippen molar-refractivity contribution < 1.29 is 27.5 Å². The van der Waals surface area contributed by atoms with Crippen molar-refractivity contribution >= 4 is 39.8 Å². The number of sulfonamides is 1. The van der Waals surface area contributed by atoms with Crippen molar-refractivity contribution in [3.8, 4) is 0 Å². The standard InChI is InChI=1S/C22H28N6O7S/c1-35-21(32)16-6-2-5-15(11-16)14-36(33,34)27-18-8-4-10-28(20(18)31)12-19(30)26-17(13-29)7-3-9-25-22(23)24/h2,4-6,8,10-11,13,17,27H,3,7,9,12,14H2,1H3,(H,26,30)(H4,23,24,25)/t17-/m0/s1. The van der Waals surface area contributed by atoms with Crippen LogP contribution in [0.1, 0.15) is 28.8 Å². The number of pyridine rings is 1. The molecule has 0 unspecified atom stereocenters. The number of hydrogen-bond donors (Lipinski definition) is 4. The number of methoxy groups -OCH3 is 1. The highest BCUT2D eigenvalue weighted by molar-refractivity contribution is 7.91. The molecule has 194 valence electrons. The fraction of sp³-hybridized carbons (Fsp3) is 0.318. The van der Waals surface area contributed by atoms with Crippen molar-refractivity contribution in [3.05, 3.63) is 64.1 Å². The van der Waals surface area contributed by atoms with E-state index < -0.39 is 45.8 Å². The Balaban J connectivity index is 2.05. The summed E-state index contributed by atoms with van der Waals surface area (Å²) >= 11 is 0. The van der Waals surface area contributed by atoms with Crippen LogP contribution in [0.25, 0.3) is 0 Å². The van der Waals surface area contributed by atoms with Crippen LogP contribution in [0.4, 0.5) is 5.69 Å². The molecule has 2 aromatic rings. The first-order valence-electron chi connectivity index (χ1n) is 10.7. The molecule has 1 aromatic carbocycles. The van der Waals surface area contributed by atoms with Crippen LogP contribution in [-0.4, -0.2) is 56.8 Å². The summed E-state index contributed by atoms with van der Waals surface area (Å²) in [6.45, 7) is -0.148. The van der Waals surface area contributed by atoms with E-state index in [1.165, 1.54) is 49.7 Å². The lowest BCUT2D eigenvalue weighted by molar-refractivity contribution is -0.124. The number of benzene rings is 1. The van der Waals surface area contributed by atoms with E-state index in [-0.39, 0.29) is 30.2 Å². The van der Waals surface area contributed by atoms with Crippen LogP contribution in [0.15, 0.2) is 52.4 Å². The van der Waals surface area contributed by atoms with E-state index in [4.69, 9.17) is 11.5 Å². The molecule has 1 atom stereocenters. The zero-order valence-electron chi connectivity index (χ0n) is 19.5. The highest BCUT2D eigenvalue weighted by atomic mass is 32.2. The van der Waals surface area contributed by atoms with Gasteiger partial charge < -0.3 is 30.9 Å². The molecule has 36 heavy (non-hydrogen) atoms. The number of nitrogens with two attached hydrogens (primary N) is 2. The van der Waals surface area contributed by atoms with E-state index >= 15 is 0 Å². The number of esters is 1. The lowest BCUT2D eigenvalue weighted by atomic mass is 10.1. The molecule has 0 aliphatic heterocycles. The highest BCUT2D eigenvalue weighted by Gasteiger charge is 2.17. The topological polar surface area (TPSA) is 205 Å². The SMILES string of the molecule is COC(=O)c1cccc(CS(=O)(=O)Nc2cccn(CC(=O)N[C@H](C=O)CCCN=C(N)N)c2=O)c1. The minimum atomic E-state index is -4.04. The van der Waals surface area contributed by atoms with Gasteiger partial charge in [-0.05, 0) is 42.7 Å². The molecule has 0 aliphatic rings. The number of amides is 1. The fourth-order valence-corrected chi connectivity index (χ4v) is 4.35. The number of aromatic nitrogens is 1. The monoisotopic (exact) mass is 520 g/mol. The zero-order chi connectivity index (χ0) is 26.7. The number of aldehydes is 1. The van der Waals surface area contributed by atoms with Crippen LogP contribution in [0.5, 0.6) is 0 Å². The molecule has 1 heterocycles. The number of rotatable bonds is 13. The first-order chi connectivity index (χ1) is 17.0. The van der Waals surface area contributed by atoms with Gasteiger partial charge in [-0.3, -0.25) is 19.3 Å². The molecule has 0 aliphatic carbocycles. The van der Waals surface area contributed by atoms with E-state index in [1.807, 2.05) is 0 Å². The molecule has 1 amide bonds. The summed E-state index contributed by atoms with van der Waals surface area (Å²) in [7, 11) is -2.83. The predicted molar refractivity (Wildman–Crippen MR) is 133 cm³/mol. The van der Waals surface area contributed by atoms with Crippen molar-refractivity contribution in [1.29, 1.82) is 0 Å². The highest BCUT2D eigenvalue weighted by Crippen LogP contribution is 2.12. The minimum Gasteiger partial charge on any atom is -0.465 e. The van der Waals surface area contributed by atoms with Crippen LogP contribution in [0, 0.1) is 0 Å². The second kappa shape index (κ2) is 13.0. The van der Waals surface area contributed by atoms with E-state index in [2.05, 4.69) is 19.8 Å². The summed E-state index contributed by atoms with van der Waals surface area (Å²) in [5.74, 6) is -1.81. The maximum atomic E-state index is 12.7. The van der Waals surface area contributed by atoms with Gasteiger partial charge in [0.2, 0.25) is 15.9 Å². The van der Waals surface area contributed by atoms with Gasteiger partial charge in [-0.25, -0.2) is 13.2 Å². The summed E-state index contributed by atoms with van der Waals surface area (Å²) in [6, 6.07) is 7.74. The van der Waals surface area contributed by atoms with Crippen molar-refractivity contribution in [1.82, 2.24) is 9.88 Å². The normalized spacial score (nSPS) is 11.7. The Hall–Kier alpha value is -4.20. The Kier molecular flexibility index (Phi) is 10.2. The lowest BCUT2D eigenvalue weighted by Gasteiger charge is -2.14. The summed E-state index contributed by atoms with van der Waals surface area (Å²) in [5, 5.41) is 2.50. The molecule has 0 fully saturated rings. The van der Waals surface area contributed by atoms with Crippen LogP contribution >= 0.6 is 0 Å². The Morgan fingerprint density at radius 2 is 1.97 bits per heavy atom. The van der Waals surface area contributed by atoms with Gasteiger partial charge in [0.05, 0.1) is 24.5 Å². The van der Waals surface area contributed by atoms with Gasteiger partial charge in [0.15, 0.2) is 5.96 Å². The summed E-state index contributed by atoms with van der Waals surface area (Å²) < 4.78 is 33.1. The maximum absolute atomic E-state index is 12.7. The summed E-state index contributed by atoms with van der Waals surface area (Å²) in [5.41, 5.74) is 9.93. The van der Waals surface area contributed by atoms with Crippen molar-refractivity contribution in [2.45, 2.75) is 31.2 Å². The van der Waals surface area contributed by atoms with E-state index in [0.717, 1.165) is 4.57 Å². The number of hydrogen-bond acceptors (Lipinski definition) is 8. The number of carbonyl (C=O) groups excluding carboxylic acids is 3. The van der Waals surface area contributed by atoms with Gasteiger partial charge in [0, 0.05) is 12.7 Å². The van der Waals surface area contributed by atoms with Crippen molar-refractivity contribution in [2.24, 2.45) is 16.5 Å². The second-order valence-corrected chi connectivity index (χ2v) is 9.39. The van der Waals surface area contributed by atoms with Gasteiger partial charge in [-0.15, -0.1) is 0 Å². The van der Waals surface area contributed by atoms with E-state index in [9.17, 15) is 27.6 Å². The van der Waals surface area contributed by atoms with Crippen LogP contribution < -0.4 is 27.1 Å². The Labute approximate surface area is 207 Å². The smallest absolute Gasteiger partial charge is 0.337 e. The van der Waals surface area contributed by atoms with Gasteiger partial charge in [0.1, 0.15) is 18.5 Å². The van der Waals surface area contributed by atoms with Gasteiger partial charge in [-0.1, -0.05) is 12.1 Å². The van der Waals surface area contributed by atoms with Crippen LogP contribution in [0.3, 0.4) is 0 Å². The third kappa shape index (κ3) is 8.87. The van der Waals surface area contributed by atoms with Gasteiger partial charge >= 0.3 is 5.97 Å². The second-order valence-electron chi connectivity index (χ2n) is 7.67. The minimum absolute atomic E-state index is 0.0775. The first kappa shape index (κ1) is 28.0. The number of anilines is 1. The average Bonchev–Trinajstić information content (AvgIpc) is 2.82. The third-order valence-electron chi connectivity index (χ3n) is 4.78. The quantitative estimate of drug-likeness (QED) is 0.0866. The summed E-state index contributed by atoms with van der Waals surface area (Å²) in [6.07, 6.45) is 2.61. The number of nitrogens with zero attached hydrogens (tertiary/aromatic N) is 2. The molecule has 0 radical (unpaired) electrons. The van der Waals surface area contributed by atoms with Crippen LogP contribution in [0.2, 0.25) is 0 Å². The average molecular weight is 521 g/mol. The number of guanidine groups is 1. The van der Waals surface area contributed by atoms with Gasteiger partial charge in [-0.2, -0.15) is 0 Å². The molecule has 1 aromatic heterocycles. The van der Waals surface area contributed by atoms with Gasteiger partial charge in [0.25, 0.3) is 5.56 Å². The zero-order valence-corrected chi connectivity index (χ0v) is 20.4. The molecule has 2 rings (SSSR count). The Morgan fingerprint density at radius 1 is 1.22 bits per heavy atom. The molecule has 0 spiro atoms. The first-order valence-corrected chi connectivity index (χ1v) is 12.4. The third-order valence-corrected chi connectivity index (χ3v) is 6.03.